The summed E-state index contributed by atoms with van der Waals surface area (Å²) in [5, 5.41) is 6.77. The van der Waals surface area contributed by atoms with Crippen LogP contribution in [0, 0.1) is 6.92 Å². The van der Waals surface area contributed by atoms with Gasteiger partial charge < -0.3 is 5.32 Å². The van der Waals surface area contributed by atoms with Crippen molar-refractivity contribution in [1.29, 1.82) is 0 Å². The molecule has 0 atom stereocenters. The molecule has 0 saturated heterocycles. The van der Waals surface area contributed by atoms with E-state index in [1.165, 1.54) is 12.5 Å². The van der Waals surface area contributed by atoms with Crippen LogP contribution in [0.1, 0.15) is 35.3 Å². The average molecular weight is 309 g/mol. The SMILES string of the molecule is CC(=O)Nc1ccc(C(=O)NN=C(C)c2ccc(C)cc2)cc1. The first kappa shape index (κ1) is 16.4. The van der Waals surface area contributed by atoms with Gasteiger partial charge in [-0.2, -0.15) is 5.10 Å². The van der Waals surface area contributed by atoms with Crippen molar-refractivity contribution in [2.45, 2.75) is 20.8 Å². The number of benzene rings is 2. The van der Waals surface area contributed by atoms with Crippen LogP contribution in [0.2, 0.25) is 0 Å². The van der Waals surface area contributed by atoms with Gasteiger partial charge in [-0.1, -0.05) is 29.8 Å². The highest BCUT2D eigenvalue weighted by Crippen LogP contribution is 2.09. The zero-order chi connectivity index (χ0) is 16.8. The fourth-order valence-electron chi connectivity index (χ4n) is 1.97. The lowest BCUT2D eigenvalue weighted by atomic mass is 10.1. The van der Waals surface area contributed by atoms with Crippen molar-refractivity contribution in [3.8, 4) is 0 Å². The standard InChI is InChI=1S/C18H19N3O2/c1-12-4-6-15(7-5-12)13(2)20-21-18(23)16-8-10-17(11-9-16)19-14(3)22/h4-11H,1-3H3,(H,19,22)(H,21,23). The lowest BCUT2D eigenvalue weighted by Crippen LogP contribution is -2.19. The summed E-state index contributed by atoms with van der Waals surface area (Å²) < 4.78 is 0. The second-order valence-corrected chi connectivity index (χ2v) is 5.26. The van der Waals surface area contributed by atoms with Crippen LogP contribution in [0.5, 0.6) is 0 Å². The molecule has 2 aromatic rings. The number of anilines is 1. The van der Waals surface area contributed by atoms with Gasteiger partial charge in [0.25, 0.3) is 5.91 Å². The Balaban J connectivity index is 2.02. The highest BCUT2D eigenvalue weighted by atomic mass is 16.2. The molecular formula is C18H19N3O2. The van der Waals surface area contributed by atoms with Gasteiger partial charge in [-0.3, -0.25) is 9.59 Å². The van der Waals surface area contributed by atoms with Crippen molar-refractivity contribution < 1.29 is 9.59 Å². The third-order valence-corrected chi connectivity index (χ3v) is 3.26. The number of nitrogens with zero attached hydrogens (tertiary/aromatic N) is 1. The van der Waals surface area contributed by atoms with E-state index in [1.54, 1.807) is 24.3 Å². The molecular weight excluding hydrogens is 290 g/mol. The van der Waals surface area contributed by atoms with Crippen LogP contribution in [-0.2, 0) is 4.79 Å². The second kappa shape index (κ2) is 7.35. The van der Waals surface area contributed by atoms with Gasteiger partial charge in [-0.25, -0.2) is 5.43 Å². The molecule has 0 radical (unpaired) electrons. The molecule has 0 spiro atoms. The molecule has 5 nitrogen and oxygen atoms in total. The zero-order valence-electron chi connectivity index (χ0n) is 13.4. The Morgan fingerprint density at radius 2 is 1.43 bits per heavy atom. The summed E-state index contributed by atoms with van der Waals surface area (Å²) in [4.78, 5) is 23.0. The number of carbonyl (C=O) groups excluding carboxylic acids is 2. The maximum Gasteiger partial charge on any atom is 0.271 e. The van der Waals surface area contributed by atoms with Gasteiger partial charge in [-0.15, -0.1) is 0 Å². The number of nitrogens with one attached hydrogen (secondary N) is 2. The van der Waals surface area contributed by atoms with E-state index in [-0.39, 0.29) is 11.8 Å². The van der Waals surface area contributed by atoms with E-state index >= 15 is 0 Å². The minimum absolute atomic E-state index is 0.152. The van der Waals surface area contributed by atoms with Gasteiger partial charge in [0.1, 0.15) is 0 Å². The fraction of sp³-hybridized carbons (Fsp3) is 0.167. The summed E-state index contributed by atoms with van der Waals surface area (Å²) in [6, 6.07) is 14.5. The summed E-state index contributed by atoms with van der Waals surface area (Å²) in [5.74, 6) is -0.452. The topological polar surface area (TPSA) is 70.6 Å². The minimum Gasteiger partial charge on any atom is -0.326 e. The first-order valence-electron chi connectivity index (χ1n) is 7.25. The van der Waals surface area contributed by atoms with Crippen LogP contribution >= 0.6 is 0 Å². The van der Waals surface area contributed by atoms with Crippen molar-refractivity contribution in [3.05, 3.63) is 65.2 Å². The van der Waals surface area contributed by atoms with Gasteiger partial charge in [0, 0.05) is 18.2 Å². The molecule has 2 aromatic carbocycles. The molecule has 0 aliphatic rings. The van der Waals surface area contributed by atoms with Crippen LogP contribution < -0.4 is 10.7 Å². The number of hydrazone groups is 1. The van der Waals surface area contributed by atoms with Gasteiger partial charge in [0.15, 0.2) is 0 Å². The predicted molar refractivity (Wildman–Crippen MR) is 91.6 cm³/mol. The van der Waals surface area contributed by atoms with Gasteiger partial charge in [0.2, 0.25) is 5.91 Å². The third-order valence-electron chi connectivity index (χ3n) is 3.26. The van der Waals surface area contributed by atoms with Crippen LogP contribution in [0.25, 0.3) is 0 Å². The van der Waals surface area contributed by atoms with E-state index < -0.39 is 0 Å². The molecule has 0 aliphatic carbocycles. The number of carbonyl (C=O) groups is 2. The largest absolute Gasteiger partial charge is 0.326 e. The maximum atomic E-state index is 12.1. The molecule has 5 heteroatoms. The molecule has 0 heterocycles. The van der Waals surface area contributed by atoms with Crippen molar-refractivity contribution in [3.63, 3.8) is 0 Å². The number of hydrogen-bond acceptors (Lipinski definition) is 3. The molecule has 0 bridgehead atoms. The van der Waals surface area contributed by atoms with E-state index in [1.807, 2.05) is 38.1 Å². The molecule has 0 aliphatic heterocycles. The number of rotatable bonds is 4. The molecule has 118 valence electrons. The summed E-state index contributed by atoms with van der Waals surface area (Å²) in [7, 11) is 0. The third kappa shape index (κ3) is 4.78. The zero-order valence-corrected chi connectivity index (χ0v) is 13.4. The maximum absolute atomic E-state index is 12.1. The highest BCUT2D eigenvalue weighted by molar-refractivity contribution is 6.01. The van der Waals surface area contributed by atoms with E-state index in [2.05, 4.69) is 15.8 Å². The van der Waals surface area contributed by atoms with Gasteiger partial charge in [0.05, 0.1) is 5.71 Å². The highest BCUT2D eigenvalue weighted by Gasteiger charge is 2.05. The molecule has 0 aromatic heterocycles. The molecule has 0 unspecified atom stereocenters. The van der Waals surface area contributed by atoms with Crippen LogP contribution in [0.4, 0.5) is 5.69 Å². The normalized spacial score (nSPS) is 11.0. The second-order valence-electron chi connectivity index (χ2n) is 5.26. The van der Waals surface area contributed by atoms with Crippen molar-refractivity contribution in [1.82, 2.24) is 5.43 Å². The Hall–Kier alpha value is -2.95. The van der Waals surface area contributed by atoms with E-state index in [4.69, 9.17) is 0 Å². The summed E-state index contributed by atoms with van der Waals surface area (Å²) in [6.07, 6.45) is 0. The molecule has 2 rings (SSSR count). The molecule has 0 saturated carbocycles. The van der Waals surface area contributed by atoms with Crippen molar-refractivity contribution >= 4 is 23.2 Å². The summed E-state index contributed by atoms with van der Waals surface area (Å²) >= 11 is 0. The van der Waals surface area contributed by atoms with Gasteiger partial charge >= 0.3 is 0 Å². The number of aryl methyl sites for hydroxylation is 1. The van der Waals surface area contributed by atoms with E-state index in [9.17, 15) is 9.59 Å². The smallest absolute Gasteiger partial charge is 0.271 e. The van der Waals surface area contributed by atoms with Crippen molar-refractivity contribution in [2.75, 3.05) is 5.32 Å². The Kier molecular flexibility index (Phi) is 5.25. The Morgan fingerprint density at radius 3 is 2.00 bits per heavy atom. The average Bonchev–Trinajstić information content (AvgIpc) is 2.53. The first-order valence-corrected chi connectivity index (χ1v) is 7.25. The van der Waals surface area contributed by atoms with Crippen LogP contribution in [0.15, 0.2) is 53.6 Å². The Bertz CT molecular complexity index is 732. The van der Waals surface area contributed by atoms with Gasteiger partial charge in [-0.05, 0) is 43.7 Å². The molecule has 0 fully saturated rings. The van der Waals surface area contributed by atoms with E-state index in [0.29, 0.717) is 11.3 Å². The molecule has 23 heavy (non-hydrogen) atoms. The minimum atomic E-state index is -0.300. The lowest BCUT2D eigenvalue weighted by Gasteiger charge is -2.05. The quantitative estimate of drug-likeness (QED) is 0.673. The monoisotopic (exact) mass is 309 g/mol. The summed E-state index contributed by atoms with van der Waals surface area (Å²) in [5.41, 5.74) is 6.51. The Labute approximate surface area is 135 Å². The first-order chi connectivity index (χ1) is 11.0. The molecule has 2 amide bonds. The Morgan fingerprint density at radius 1 is 0.870 bits per heavy atom. The van der Waals surface area contributed by atoms with Crippen molar-refractivity contribution in [2.24, 2.45) is 5.10 Å². The number of hydrogen-bond donors (Lipinski definition) is 2. The summed E-state index contributed by atoms with van der Waals surface area (Å²) in [6.45, 7) is 5.29. The van der Waals surface area contributed by atoms with Crippen LogP contribution in [0.3, 0.4) is 0 Å². The fourth-order valence-corrected chi connectivity index (χ4v) is 1.97. The van der Waals surface area contributed by atoms with E-state index in [0.717, 1.165) is 11.3 Å². The number of amides is 2. The van der Waals surface area contributed by atoms with Crippen LogP contribution in [-0.4, -0.2) is 17.5 Å². The predicted octanol–water partition coefficient (Wildman–Crippen LogP) is 3.11. The molecule has 2 N–H and O–H groups in total. The lowest BCUT2D eigenvalue weighted by molar-refractivity contribution is -0.114.